The lowest BCUT2D eigenvalue weighted by atomic mass is 9.97. The van der Waals surface area contributed by atoms with E-state index in [1.54, 1.807) is 9.80 Å². The second kappa shape index (κ2) is 6.92. The fraction of sp³-hybridized carbons (Fsp3) is 0.857. The van der Waals surface area contributed by atoms with Crippen molar-refractivity contribution < 1.29 is 19.4 Å². The number of carboxylic acid groups (broad SMARTS) is 1. The van der Waals surface area contributed by atoms with Crippen LogP contribution in [0.3, 0.4) is 0 Å². The van der Waals surface area contributed by atoms with Gasteiger partial charge in [-0.15, -0.1) is 0 Å². The second-order valence-corrected chi connectivity index (χ2v) is 5.85. The van der Waals surface area contributed by atoms with E-state index in [2.05, 4.69) is 0 Å². The lowest BCUT2D eigenvalue weighted by Crippen LogP contribution is -2.47. The molecule has 1 atom stereocenters. The number of rotatable bonds is 3. The molecule has 2 aliphatic rings. The first-order chi connectivity index (χ1) is 9.58. The molecule has 0 spiro atoms. The molecule has 0 aromatic carbocycles. The van der Waals surface area contributed by atoms with Crippen molar-refractivity contribution in [2.45, 2.75) is 25.7 Å². The Hall–Kier alpha value is -1.30. The third kappa shape index (κ3) is 3.85. The van der Waals surface area contributed by atoms with Gasteiger partial charge in [0.05, 0.1) is 12.5 Å². The smallest absolute Gasteiger partial charge is 0.319 e. The Morgan fingerprint density at radius 2 is 2.00 bits per heavy atom. The molecule has 0 radical (unpaired) electrons. The predicted molar refractivity (Wildman–Crippen MR) is 73.5 cm³/mol. The van der Waals surface area contributed by atoms with Crippen LogP contribution in [0, 0.1) is 11.8 Å². The van der Waals surface area contributed by atoms with Crippen LogP contribution in [-0.4, -0.2) is 66.8 Å². The highest BCUT2D eigenvalue weighted by molar-refractivity contribution is 5.75. The quantitative estimate of drug-likeness (QED) is 0.847. The van der Waals surface area contributed by atoms with Crippen molar-refractivity contribution >= 4 is 12.0 Å². The van der Waals surface area contributed by atoms with Gasteiger partial charge in [0.2, 0.25) is 0 Å². The molecule has 1 N–H and O–H groups in total. The molecule has 0 aromatic heterocycles. The summed E-state index contributed by atoms with van der Waals surface area (Å²) in [6.07, 6.45) is 3.29. The predicted octanol–water partition coefficient (Wildman–Crippen LogP) is 1.26. The monoisotopic (exact) mass is 284 g/mol. The van der Waals surface area contributed by atoms with E-state index in [4.69, 9.17) is 9.84 Å². The summed E-state index contributed by atoms with van der Waals surface area (Å²) in [6, 6.07) is 0.0133. The van der Waals surface area contributed by atoms with Gasteiger partial charge in [-0.25, -0.2) is 4.79 Å². The van der Waals surface area contributed by atoms with Crippen molar-refractivity contribution in [3.63, 3.8) is 0 Å². The summed E-state index contributed by atoms with van der Waals surface area (Å²) < 4.78 is 5.43. The molecule has 0 saturated carbocycles. The summed E-state index contributed by atoms with van der Waals surface area (Å²) in [5, 5.41) is 8.96. The molecule has 6 heteroatoms. The number of aliphatic carboxylic acids is 1. The topological polar surface area (TPSA) is 70.1 Å². The molecule has 2 fully saturated rings. The first-order valence-corrected chi connectivity index (χ1v) is 7.38. The van der Waals surface area contributed by atoms with E-state index in [-0.39, 0.29) is 11.9 Å². The van der Waals surface area contributed by atoms with Crippen LogP contribution in [0.1, 0.15) is 25.7 Å². The molecule has 0 aliphatic carbocycles. The van der Waals surface area contributed by atoms with Crippen molar-refractivity contribution in [1.29, 1.82) is 0 Å². The number of ether oxygens (including phenoxy) is 1. The number of hydrogen-bond donors (Lipinski definition) is 1. The lowest BCUT2D eigenvalue weighted by Gasteiger charge is -2.35. The van der Waals surface area contributed by atoms with E-state index < -0.39 is 5.97 Å². The van der Waals surface area contributed by atoms with Crippen LogP contribution in [-0.2, 0) is 9.53 Å². The summed E-state index contributed by atoms with van der Waals surface area (Å²) in [5.74, 6) is -0.616. The Morgan fingerprint density at radius 3 is 2.55 bits per heavy atom. The lowest BCUT2D eigenvalue weighted by molar-refractivity contribution is -0.143. The Labute approximate surface area is 119 Å². The molecular weight excluding hydrogens is 260 g/mol. The highest BCUT2D eigenvalue weighted by atomic mass is 16.5. The first-order valence-electron chi connectivity index (χ1n) is 7.38. The van der Waals surface area contributed by atoms with Gasteiger partial charge >= 0.3 is 12.0 Å². The van der Waals surface area contributed by atoms with Gasteiger partial charge in [-0.05, 0) is 25.7 Å². The van der Waals surface area contributed by atoms with Crippen molar-refractivity contribution in [3.8, 4) is 0 Å². The Bertz CT molecular complexity index is 347. The number of urea groups is 1. The maximum Gasteiger partial charge on any atom is 0.319 e. The number of amides is 2. The van der Waals surface area contributed by atoms with Crippen LogP contribution in [0.5, 0.6) is 0 Å². The number of hydrogen-bond acceptors (Lipinski definition) is 3. The van der Waals surface area contributed by atoms with E-state index in [1.165, 1.54) is 0 Å². The standard InChI is InChI=1S/C14H24N2O4/c1-15(9-11-3-2-8-20-10-11)14(19)16-6-4-12(5-7-16)13(17)18/h11-12H,2-10H2,1H3,(H,17,18). The van der Waals surface area contributed by atoms with Crippen molar-refractivity contribution in [3.05, 3.63) is 0 Å². The highest BCUT2D eigenvalue weighted by Crippen LogP contribution is 2.19. The van der Waals surface area contributed by atoms with Gasteiger partial charge in [-0.2, -0.15) is 0 Å². The molecule has 0 aromatic rings. The van der Waals surface area contributed by atoms with Gasteiger partial charge in [-0.3, -0.25) is 4.79 Å². The molecule has 20 heavy (non-hydrogen) atoms. The molecule has 0 bridgehead atoms. The summed E-state index contributed by atoms with van der Waals surface area (Å²) >= 11 is 0. The fourth-order valence-corrected chi connectivity index (χ4v) is 2.98. The minimum Gasteiger partial charge on any atom is -0.481 e. The molecular formula is C14H24N2O4. The zero-order chi connectivity index (χ0) is 14.5. The maximum absolute atomic E-state index is 12.3. The molecule has 2 amide bonds. The van der Waals surface area contributed by atoms with Gasteiger partial charge in [-0.1, -0.05) is 0 Å². The SMILES string of the molecule is CN(CC1CCCOC1)C(=O)N1CCC(C(=O)O)CC1. The van der Waals surface area contributed by atoms with Crippen molar-refractivity contribution in [2.24, 2.45) is 11.8 Å². The van der Waals surface area contributed by atoms with E-state index in [1.807, 2.05) is 7.05 Å². The Balaban J connectivity index is 1.77. The van der Waals surface area contributed by atoms with Crippen LogP contribution in [0.2, 0.25) is 0 Å². The number of nitrogens with zero attached hydrogens (tertiary/aromatic N) is 2. The average Bonchev–Trinajstić information content (AvgIpc) is 2.47. The molecule has 114 valence electrons. The first kappa shape index (κ1) is 15.1. The van der Waals surface area contributed by atoms with Crippen LogP contribution in [0.25, 0.3) is 0 Å². The van der Waals surface area contributed by atoms with Crippen LogP contribution in [0.15, 0.2) is 0 Å². The van der Waals surface area contributed by atoms with E-state index >= 15 is 0 Å². The maximum atomic E-state index is 12.3. The summed E-state index contributed by atoms with van der Waals surface area (Å²) in [7, 11) is 1.82. The van der Waals surface area contributed by atoms with E-state index in [0.29, 0.717) is 31.8 Å². The third-order valence-corrected chi connectivity index (χ3v) is 4.23. The highest BCUT2D eigenvalue weighted by Gasteiger charge is 2.29. The number of carbonyl (C=O) groups is 2. The molecule has 2 rings (SSSR count). The fourth-order valence-electron chi connectivity index (χ4n) is 2.98. The zero-order valence-corrected chi connectivity index (χ0v) is 12.1. The Morgan fingerprint density at radius 1 is 1.30 bits per heavy atom. The Kier molecular flexibility index (Phi) is 5.23. The number of carbonyl (C=O) groups excluding carboxylic acids is 1. The van der Waals surface area contributed by atoms with E-state index in [0.717, 1.165) is 32.6 Å². The van der Waals surface area contributed by atoms with E-state index in [9.17, 15) is 9.59 Å². The largest absolute Gasteiger partial charge is 0.481 e. The van der Waals surface area contributed by atoms with Gasteiger partial charge in [0.1, 0.15) is 0 Å². The minimum atomic E-state index is -0.746. The van der Waals surface area contributed by atoms with Gasteiger partial charge in [0, 0.05) is 39.2 Å². The molecule has 2 saturated heterocycles. The van der Waals surface area contributed by atoms with Crippen LogP contribution in [0.4, 0.5) is 4.79 Å². The van der Waals surface area contributed by atoms with Gasteiger partial charge in [0.15, 0.2) is 0 Å². The van der Waals surface area contributed by atoms with Gasteiger partial charge < -0.3 is 19.6 Å². The van der Waals surface area contributed by atoms with Crippen LogP contribution >= 0.6 is 0 Å². The molecule has 2 heterocycles. The molecule has 2 aliphatic heterocycles. The summed E-state index contributed by atoms with van der Waals surface area (Å²) in [5.41, 5.74) is 0. The second-order valence-electron chi connectivity index (χ2n) is 5.85. The molecule has 6 nitrogen and oxygen atoms in total. The number of piperidine rings is 1. The van der Waals surface area contributed by atoms with Crippen molar-refractivity contribution in [1.82, 2.24) is 9.80 Å². The third-order valence-electron chi connectivity index (χ3n) is 4.23. The van der Waals surface area contributed by atoms with Crippen molar-refractivity contribution in [2.75, 3.05) is 39.9 Å². The number of carboxylic acids is 1. The number of likely N-dealkylation sites (tertiary alicyclic amines) is 1. The summed E-state index contributed by atoms with van der Waals surface area (Å²) in [4.78, 5) is 26.7. The molecule has 1 unspecified atom stereocenters. The minimum absolute atomic E-state index is 0.0133. The normalized spacial score (nSPS) is 24.4. The zero-order valence-electron chi connectivity index (χ0n) is 12.1. The summed E-state index contributed by atoms with van der Waals surface area (Å²) in [6.45, 7) is 3.37. The average molecular weight is 284 g/mol. The van der Waals surface area contributed by atoms with Gasteiger partial charge in [0.25, 0.3) is 0 Å². The van der Waals surface area contributed by atoms with Crippen LogP contribution < -0.4 is 0 Å².